The maximum Gasteiger partial charge on any atom is 0.290 e. The SMILES string of the molecule is CCCC12C=CC(O)(CC1)C(F)C2(F)F. The molecule has 0 spiro atoms. The monoisotopic (exact) mass is 220 g/mol. The summed E-state index contributed by atoms with van der Waals surface area (Å²) in [5.41, 5.74) is -3.31. The van der Waals surface area contributed by atoms with Gasteiger partial charge in [0, 0.05) is 0 Å². The van der Waals surface area contributed by atoms with Gasteiger partial charge in [0.25, 0.3) is 5.92 Å². The Morgan fingerprint density at radius 2 is 2.00 bits per heavy atom. The highest BCUT2D eigenvalue weighted by Crippen LogP contribution is 2.59. The van der Waals surface area contributed by atoms with E-state index in [1.807, 2.05) is 0 Å². The van der Waals surface area contributed by atoms with Crippen molar-refractivity contribution in [3.8, 4) is 0 Å². The number of allylic oxidation sites excluding steroid dienone is 1. The average molecular weight is 220 g/mol. The van der Waals surface area contributed by atoms with Crippen LogP contribution in [0.2, 0.25) is 0 Å². The van der Waals surface area contributed by atoms with Crippen molar-refractivity contribution in [3.63, 3.8) is 0 Å². The van der Waals surface area contributed by atoms with Crippen LogP contribution >= 0.6 is 0 Å². The van der Waals surface area contributed by atoms with E-state index in [1.54, 1.807) is 6.92 Å². The van der Waals surface area contributed by atoms with E-state index < -0.39 is 23.1 Å². The van der Waals surface area contributed by atoms with Crippen LogP contribution in [0.5, 0.6) is 0 Å². The van der Waals surface area contributed by atoms with Crippen molar-refractivity contribution in [1.29, 1.82) is 0 Å². The predicted octanol–water partition coefficient (Wildman–Crippen LogP) is 2.84. The van der Waals surface area contributed by atoms with Crippen LogP contribution in [-0.4, -0.2) is 22.8 Å². The highest BCUT2D eigenvalue weighted by Gasteiger charge is 2.68. The average Bonchev–Trinajstić information content (AvgIpc) is 2.19. The van der Waals surface area contributed by atoms with Gasteiger partial charge >= 0.3 is 0 Å². The third-order valence-electron chi connectivity index (χ3n) is 3.78. The molecule has 1 fully saturated rings. The molecule has 0 aromatic carbocycles. The van der Waals surface area contributed by atoms with Gasteiger partial charge in [0.2, 0.25) is 0 Å². The number of aliphatic hydroxyl groups is 1. The highest BCUT2D eigenvalue weighted by molar-refractivity contribution is 5.28. The predicted molar refractivity (Wildman–Crippen MR) is 50.5 cm³/mol. The van der Waals surface area contributed by atoms with Crippen molar-refractivity contribution in [2.45, 2.75) is 50.3 Å². The first-order chi connectivity index (χ1) is 6.88. The molecular weight excluding hydrogens is 205 g/mol. The van der Waals surface area contributed by atoms with Crippen LogP contribution in [0, 0.1) is 5.41 Å². The minimum atomic E-state index is -3.44. The van der Waals surface area contributed by atoms with E-state index in [9.17, 15) is 18.3 Å². The van der Waals surface area contributed by atoms with Crippen molar-refractivity contribution in [3.05, 3.63) is 12.2 Å². The summed E-state index contributed by atoms with van der Waals surface area (Å²) in [6.45, 7) is 1.81. The summed E-state index contributed by atoms with van der Waals surface area (Å²) in [6, 6.07) is 0. The Kier molecular flexibility index (Phi) is 2.20. The second kappa shape index (κ2) is 3.00. The molecule has 3 rings (SSSR count). The highest BCUT2D eigenvalue weighted by atomic mass is 19.3. The summed E-state index contributed by atoms with van der Waals surface area (Å²) in [5, 5.41) is 9.66. The Hall–Kier alpha value is -0.510. The number of halogens is 3. The summed E-state index contributed by atoms with van der Waals surface area (Å²) in [4.78, 5) is 0. The molecule has 3 aliphatic carbocycles. The fourth-order valence-corrected chi connectivity index (χ4v) is 2.77. The maximum atomic E-state index is 13.8. The molecule has 86 valence electrons. The molecule has 0 aliphatic heterocycles. The Labute approximate surface area is 87.0 Å². The molecular formula is C11H15F3O. The zero-order valence-electron chi connectivity index (χ0n) is 8.64. The normalized spacial score (nSPS) is 47.1. The number of alkyl halides is 3. The van der Waals surface area contributed by atoms with Gasteiger partial charge in [0.1, 0.15) is 5.60 Å². The van der Waals surface area contributed by atoms with E-state index in [0.29, 0.717) is 6.42 Å². The molecule has 4 heteroatoms. The van der Waals surface area contributed by atoms with Crippen LogP contribution in [0.1, 0.15) is 32.6 Å². The smallest absolute Gasteiger partial charge is 0.290 e. The van der Waals surface area contributed by atoms with Gasteiger partial charge in [0.15, 0.2) is 6.17 Å². The van der Waals surface area contributed by atoms with Crippen molar-refractivity contribution in [2.24, 2.45) is 5.41 Å². The van der Waals surface area contributed by atoms with Crippen molar-refractivity contribution < 1.29 is 18.3 Å². The van der Waals surface area contributed by atoms with Crippen LogP contribution in [0.3, 0.4) is 0 Å². The first kappa shape index (κ1) is 11.0. The van der Waals surface area contributed by atoms with E-state index in [-0.39, 0.29) is 19.3 Å². The number of fused-ring (bicyclic) bond motifs is 2. The molecule has 0 amide bonds. The maximum absolute atomic E-state index is 13.8. The third-order valence-corrected chi connectivity index (χ3v) is 3.78. The molecule has 0 saturated heterocycles. The lowest BCUT2D eigenvalue weighted by atomic mass is 9.58. The molecule has 0 radical (unpaired) electrons. The topological polar surface area (TPSA) is 20.2 Å². The minimum Gasteiger partial charge on any atom is -0.382 e. The molecule has 3 unspecified atom stereocenters. The number of hydrogen-bond donors (Lipinski definition) is 1. The van der Waals surface area contributed by atoms with Gasteiger partial charge in [0.05, 0.1) is 5.41 Å². The third kappa shape index (κ3) is 1.20. The molecule has 3 atom stereocenters. The van der Waals surface area contributed by atoms with E-state index >= 15 is 0 Å². The Bertz CT molecular complexity index is 302. The van der Waals surface area contributed by atoms with E-state index in [1.165, 1.54) is 12.2 Å². The fraction of sp³-hybridized carbons (Fsp3) is 0.818. The van der Waals surface area contributed by atoms with Gasteiger partial charge in [-0.3, -0.25) is 0 Å². The van der Waals surface area contributed by atoms with Gasteiger partial charge in [-0.1, -0.05) is 25.5 Å². The van der Waals surface area contributed by atoms with E-state index in [4.69, 9.17) is 0 Å². The Morgan fingerprint density at radius 1 is 1.33 bits per heavy atom. The quantitative estimate of drug-likeness (QED) is 0.709. The van der Waals surface area contributed by atoms with E-state index in [2.05, 4.69) is 0 Å². The minimum absolute atomic E-state index is 0.0975. The van der Waals surface area contributed by atoms with Gasteiger partial charge in [-0.25, -0.2) is 13.2 Å². The van der Waals surface area contributed by atoms with E-state index in [0.717, 1.165) is 0 Å². The fourth-order valence-electron chi connectivity index (χ4n) is 2.77. The Balaban J connectivity index is 2.45. The summed E-state index contributed by atoms with van der Waals surface area (Å²) < 4.78 is 41.1. The summed E-state index contributed by atoms with van der Waals surface area (Å²) in [6.07, 6.45) is 1.22. The molecule has 0 heterocycles. The molecule has 1 nitrogen and oxygen atoms in total. The van der Waals surface area contributed by atoms with Gasteiger partial charge in [-0.15, -0.1) is 0 Å². The largest absolute Gasteiger partial charge is 0.382 e. The molecule has 1 saturated carbocycles. The van der Waals surface area contributed by atoms with Crippen molar-refractivity contribution >= 4 is 0 Å². The standard InChI is InChI=1S/C11H15F3O/c1-2-3-9-4-6-10(15,7-5-9)8(12)11(9,13)14/h4,6,8,15H,2-3,5,7H2,1H3. The summed E-state index contributed by atoms with van der Waals surface area (Å²) in [7, 11) is 0. The van der Waals surface area contributed by atoms with Crippen molar-refractivity contribution in [1.82, 2.24) is 0 Å². The summed E-state index contributed by atoms with van der Waals surface area (Å²) >= 11 is 0. The van der Waals surface area contributed by atoms with Crippen LogP contribution in [-0.2, 0) is 0 Å². The Morgan fingerprint density at radius 3 is 2.47 bits per heavy atom. The second-order valence-corrected chi connectivity index (χ2v) is 4.72. The second-order valence-electron chi connectivity index (χ2n) is 4.72. The van der Waals surface area contributed by atoms with Crippen molar-refractivity contribution in [2.75, 3.05) is 0 Å². The van der Waals surface area contributed by atoms with Crippen LogP contribution in [0.15, 0.2) is 12.2 Å². The first-order valence-electron chi connectivity index (χ1n) is 5.33. The van der Waals surface area contributed by atoms with Crippen LogP contribution < -0.4 is 0 Å². The lowest BCUT2D eigenvalue weighted by molar-refractivity contribution is -0.239. The number of hydrogen-bond acceptors (Lipinski definition) is 1. The molecule has 1 N–H and O–H groups in total. The van der Waals surface area contributed by atoms with Gasteiger partial charge < -0.3 is 5.11 Å². The molecule has 15 heavy (non-hydrogen) atoms. The zero-order chi connectivity index (χ0) is 11.3. The molecule has 0 aromatic rings. The molecule has 3 aliphatic rings. The molecule has 2 bridgehead atoms. The molecule has 0 aromatic heterocycles. The zero-order valence-corrected chi connectivity index (χ0v) is 8.64. The summed E-state index contributed by atoms with van der Waals surface area (Å²) in [5.74, 6) is -3.44. The van der Waals surface area contributed by atoms with Gasteiger partial charge in [-0.05, 0) is 19.3 Å². The first-order valence-corrected chi connectivity index (χ1v) is 5.33. The van der Waals surface area contributed by atoms with Gasteiger partial charge in [-0.2, -0.15) is 0 Å². The lowest BCUT2D eigenvalue weighted by Gasteiger charge is -2.53. The lowest BCUT2D eigenvalue weighted by Crippen LogP contribution is -2.64. The number of rotatable bonds is 2. The van der Waals surface area contributed by atoms with Crippen LogP contribution in [0.25, 0.3) is 0 Å². The van der Waals surface area contributed by atoms with Crippen LogP contribution in [0.4, 0.5) is 13.2 Å².